The van der Waals surface area contributed by atoms with Crippen LogP contribution in [0.2, 0.25) is 0 Å². The molecule has 4 heteroatoms. The Morgan fingerprint density at radius 2 is 1.94 bits per heavy atom. The first kappa shape index (κ1) is 11.3. The van der Waals surface area contributed by atoms with Crippen LogP contribution in [0.25, 0.3) is 0 Å². The zero-order chi connectivity index (χ0) is 12.1. The van der Waals surface area contributed by atoms with Gasteiger partial charge in [0.1, 0.15) is 5.75 Å². The fourth-order valence-corrected chi connectivity index (χ4v) is 1.25. The van der Waals surface area contributed by atoms with Gasteiger partial charge in [0.2, 0.25) is 0 Å². The molecule has 1 aromatic carbocycles. The fourth-order valence-electron chi connectivity index (χ4n) is 1.25. The molecule has 2 rings (SSSR count). The number of carbonyl (C=O) groups is 1. The molecule has 1 heterocycles. The van der Waals surface area contributed by atoms with Crippen LogP contribution >= 0.6 is 0 Å². The molecule has 0 aliphatic carbocycles. The summed E-state index contributed by atoms with van der Waals surface area (Å²) in [5.41, 5.74) is 0. The van der Waals surface area contributed by atoms with Gasteiger partial charge in [-0.05, 0) is 25.1 Å². The second kappa shape index (κ2) is 5.21. The quantitative estimate of drug-likeness (QED) is 0.760. The number of carbonyl (C=O) groups excluding carboxylic acids is 1. The minimum Gasteiger partial charge on any atom is -0.479 e. The number of ether oxygens (including phenoxy) is 2. The number of esters is 1. The molecule has 0 spiro atoms. The maximum Gasteiger partial charge on any atom is 0.354 e. The summed E-state index contributed by atoms with van der Waals surface area (Å²) in [4.78, 5) is 11.6. The summed E-state index contributed by atoms with van der Waals surface area (Å²) in [6, 6.07) is 12.3. The lowest BCUT2D eigenvalue weighted by Crippen LogP contribution is -2.28. The molecular formula is C13H12O4. The van der Waals surface area contributed by atoms with E-state index >= 15 is 0 Å². The SMILES string of the molecule is C[C@@H](Oc1ccccc1)C(=O)Oc1ccco1. The molecule has 0 N–H and O–H groups in total. The van der Waals surface area contributed by atoms with Crippen molar-refractivity contribution in [1.82, 2.24) is 0 Å². The van der Waals surface area contributed by atoms with Gasteiger partial charge in [0.25, 0.3) is 5.95 Å². The van der Waals surface area contributed by atoms with Crippen molar-refractivity contribution in [2.45, 2.75) is 13.0 Å². The van der Waals surface area contributed by atoms with E-state index in [0.717, 1.165) is 0 Å². The van der Waals surface area contributed by atoms with Crippen LogP contribution in [0, 0.1) is 0 Å². The first-order chi connectivity index (χ1) is 8.25. The highest BCUT2D eigenvalue weighted by Crippen LogP contribution is 2.14. The number of benzene rings is 1. The van der Waals surface area contributed by atoms with Gasteiger partial charge in [-0.25, -0.2) is 4.79 Å². The van der Waals surface area contributed by atoms with E-state index in [1.807, 2.05) is 18.2 Å². The number of hydrogen-bond acceptors (Lipinski definition) is 4. The molecule has 2 aromatic rings. The third-order valence-corrected chi connectivity index (χ3v) is 2.08. The molecule has 0 bridgehead atoms. The van der Waals surface area contributed by atoms with Gasteiger partial charge in [-0.15, -0.1) is 0 Å². The van der Waals surface area contributed by atoms with Crippen LogP contribution < -0.4 is 9.47 Å². The highest BCUT2D eigenvalue weighted by atomic mass is 16.6. The lowest BCUT2D eigenvalue weighted by atomic mass is 10.3. The summed E-state index contributed by atoms with van der Waals surface area (Å²) in [6.45, 7) is 1.62. The lowest BCUT2D eigenvalue weighted by molar-refractivity contribution is -0.142. The molecule has 0 saturated carbocycles. The summed E-state index contributed by atoms with van der Waals surface area (Å²) in [6.07, 6.45) is 0.744. The number of para-hydroxylation sites is 1. The Bertz CT molecular complexity index is 461. The second-order valence-corrected chi connectivity index (χ2v) is 3.43. The monoisotopic (exact) mass is 232 g/mol. The molecule has 4 nitrogen and oxygen atoms in total. The largest absolute Gasteiger partial charge is 0.479 e. The summed E-state index contributed by atoms with van der Waals surface area (Å²) in [5, 5.41) is 0. The van der Waals surface area contributed by atoms with E-state index in [1.54, 1.807) is 31.2 Å². The Labute approximate surface area is 98.8 Å². The minimum absolute atomic E-state index is 0.165. The molecule has 0 aliphatic rings. The number of hydrogen-bond donors (Lipinski definition) is 0. The van der Waals surface area contributed by atoms with Crippen LogP contribution in [-0.2, 0) is 4.79 Å². The molecule has 0 saturated heterocycles. The molecule has 0 aliphatic heterocycles. The van der Waals surface area contributed by atoms with Crippen molar-refractivity contribution in [2.24, 2.45) is 0 Å². The van der Waals surface area contributed by atoms with E-state index in [4.69, 9.17) is 13.9 Å². The number of furan rings is 1. The highest BCUT2D eigenvalue weighted by Gasteiger charge is 2.18. The Balaban J connectivity index is 1.92. The van der Waals surface area contributed by atoms with Crippen LogP contribution in [0.3, 0.4) is 0 Å². The lowest BCUT2D eigenvalue weighted by Gasteiger charge is -2.12. The van der Waals surface area contributed by atoms with Crippen molar-refractivity contribution in [3.63, 3.8) is 0 Å². The van der Waals surface area contributed by atoms with Crippen LogP contribution in [-0.4, -0.2) is 12.1 Å². The summed E-state index contributed by atoms with van der Waals surface area (Å²) >= 11 is 0. The van der Waals surface area contributed by atoms with Gasteiger partial charge in [0.15, 0.2) is 6.10 Å². The maximum absolute atomic E-state index is 11.6. The van der Waals surface area contributed by atoms with E-state index < -0.39 is 12.1 Å². The first-order valence-electron chi connectivity index (χ1n) is 5.22. The molecule has 0 radical (unpaired) electrons. The average Bonchev–Trinajstić information content (AvgIpc) is 2.83. The molecule has 88 valence electrons. The number of rotatable bonds is 4. The topological polar surface area (TPSA) is 48.7 Å². The second-order valence-electron chi connectivity index (χ2n) is 3.43. The van der Waals surface area contributed by atoms with Crippen molar-refractivity contribution in [1.29, 1.82) is 0 Å². The summed E-state index contributed by atoms with van der Waals surface area (Å²) in [7, 11) is 0. The predicted octanol–water partition coefficient (Wildman–Crippen LogP) is 2.65. The first-order valence-corrected chi connectivity index (χ1v) is 5.22. The van der Waals surface area contributed by atoms with Crippen molar-refractivity contribution in [2.75, 3.05) is 0 Å². The zero-order valence-electron chi connectivity index (χ0n) is 9.33. The molecule has 0 amide bonds. The Morgan fingerprint density at radius 3 is 2.59 bits per heavy atom. The van der Waals surface area contributed by atoms with E-state index in [0.29, 0.717) is 5.75 Å². The predicted molar refractivity (Wildman–Crippen MR) is 60.9 cm³/mol. The van der Waals surface area contributed by atoms with E-state index in [-0.39, 0.29) is 5.95 Å². The molecule has 17 heavy (non-hydrogen) atoms. The van der Waals surface area contributed by atoms with Gasteiger partial charge in [-0.1, -0.05) is 18.2 Å². The third kappa shape index (κ3) is 3.11. The van der Waals surface area contributed by atoms with Gasteiger partial charge < -0.3 is 13.9 Å². The van der Waals surface area contributed by atoms with Crippen molar-refractivity contribution >= 4 is 5.97 Å². The van der Waals surface area contributed by atoms with Gasteiger partial charge in [0.05, 0.1) is 6.26 Å². The Morgan fingerprint density at radius 1 is 1.18 bits per heavy atom. The summed E-state index contributed by atoms with van der Waals surface area (Å²) < 4.78 is 15.3. The van der Waals surface area contributed by atoms with E-state index in [1.165, 1.54) is 6.26 Å². The van der Waals surface area contributed by atoms with Crippen LogP contribution in [0.15, 0.2) is 53.1 Å². The molecule has 0 fully saturated rings. The average molecular weight is 232 g/mol. The normalized spacial score (nSPS) is 11.8. The molecule has 1 atom stereocenters. The van der Waals surface area contributed by atoms with Gasteiger partial charge in [-0.3, -0.25) is 0 Å². The van der Waals surface area contributed by atoms with Crippen LogP contribution in [0.1, 0.15) is 6.92 Å². The van der Waals surface area contributed by atoms with Crippen LogP contribution in [0.5, 0.6) is 11.7 Å². The standard InChI is InChI=1S/C13H12O4/c1-10(16-11-6-3-2-4-7-11)13(14)17-12-8-5-9-15-12/h2-10H,1H3/t10-/m1/s1. The molecular weight excluding hydrogens is 220 g/mol. The molecule has 0 unspecified atom stereocenters. The fraction of sp³-hybridized carbons (Fsp3) is 0.154. The Hall–Kier alpha value is -2.23. The van der Waals surface area contributed by atoms with E-state index in [9.17, 15) is 4.79 Å². The molecule has 1 aromatic heterocycles. The highest BCUT2D eigenvalue weighted by molar-refractivity contribution is 5.76. The minimum atomic E-state index is -0.692. The zero-order valence-corrected chi connectivity index (χ0v) is 9.33. The van der Waals surface area contributed by atoms with E-state index in [2.05, 4.69) is 0 Å². The van der Waals surface area contributed by atoms with Crippen molar-refractivity contribution < 1.29 is 18.7 Å². The van der Waals surface area contributed by atoms with Crippen LogP contribution in [0.4, 0.5) is 0 Å². The van der Waals surface area contributed by atoms with Crippen molar-refractivity contribution in [3.05, 3.63) is 48.7 Å². The van der Waals surface area contributed by atoms with Gasteiger partial charge >= 0.3 is 5.97 Å². The van der Waals surface area contributed by atoms with Crippen molar-refractivity contribution in [3.8, 4) is 11.7 Å². The third-order valence-electron chi connectivity index (χ3n) is 2.08. The van der Waals surface area contributed by atoms with Gasteiger partial charge in [-0.2, -0.15) is 0 Å². The maximum atomic E-state index is 11.6. The van der Waals surface area contributed by atoms with Gasteiger partial charge in [0, 0.05) is 6.07 Å². The smallest absolute Gasteiger partial charge is 0.354 e. The summed E-state index contributed by atoms with van der Waals surface area (Å²) in [5.74, 6) is 0.290. The Kier molecular flexibility index (Phi) is 3.45.